The number of primary amides is 1. The number of benzene rings is 2. The van der Waals surface area contributed by atoms with Crippen molar-refractivity contribution in [2.24, 2.45) is 5.73 Å². The molecule has 0 saturated heterocycles. The average Bonchev–Trinajstić information content (AvgIpc) is 2.43. The molecule has 0 spiro atoms. The molecule has 0 aliphatic heterocycles. The van der Waals surface area contributed by atoms with Gasteiger partial charge in [0.15, 0.2) is 6.10 Å². The molecular formula is C16H19NO3. The topological polar surface area (TPSA) is 72.6 Å². The number of fused-ring (bicyclic) bond motifs is 1. The molecule has 0 aliphatic carbocycles. The summed E-state index contributed by atoms with van der Waals surface area (Å²) in [6, 6.07) is 11.4. The second-order valence-electron chi connectivity index (χ2n) is 4.80. The Morgan fingerprint density at radius 1 is 1.30 bits per heavy atom. The molecular weight excluding hydrogens is 254 g/mol. The molecule has 0 fully saturated rings. The van der Waals surface area contributed by atoms with E-state index in [2.05, 4.69) is 0 Å². The van der Waals surface area contributed by atoms with Gasteiger partial charge >= 0.3 is 0 Å². The number of hydrogen-bond donors (Lipinski definition) is 2. The van der Waals surface area contributed by atoms with E-state index in [1.54, 1.807) is 6.92 Å². The van der Waals surface area contributed by atoms with Gasteiger partial charge in [0, 0.05) is 10.9 Å². The summed E-state index contributed by atoms with van der Waals surface area (Å²) in [5.74, 6) is 0.0285. The molecule has 1 amide bonds. The highest BCUT2D eigenvalue weighted by atomic mass is 16.5. The molecule has 4 nitrogen and oxygen atoms in total. The van der Waals surface area contributed by atoms with Crippen molar-refractivity contribution < 1.29 is 14.6 Å². The molecule has 2 atom stereocenters. The molecule has 0 bridgehead atoms. The fourth-order valence-electron chi connectivity index (χ4n) is 2.21. The van der Waals surface area contributed by atoms with Crippen LogP contribution in [-0.2, 0) is 4.79 Å². The third-order valence-corrected chi connectivity index (χ3v) is 3.31. The lowest BCUT2D eigenvalue weighted by atomic mass is 10.0. The van der Waals surface area contributed by atoms with Crippen molar-refractivity contribution >= 4 is 16.7 Å². The largest absolute Gasteiger partial charge is 0.480 e. The summed E-state index contributed by atoms with van der Waals surface area (Å²) in [4.78, 5) is 11.4. The van der Waals surface area contributed by atoms with Crippen molar-refractivity contribution in [1.29, 1.82) is 0 Å². The maximum Gasteiger partial charge on any atom is 0.258 e. The van der Waals surface area contributed by atoms with Gasteiger partial charge in [-0.3, -0.25) is 4.79 Å². The predicted octanol–water partition coefficient (Wildman–Crippen LogP) is 2.54. The molecule has 0 radical (unpaired) electrons. The summed E-state index contributed by atoms with van der Waals surface area (Å²) >= 11 is 0. The van der Waals surface area contributed by atoms with Crippen LogP contribution in [0.3, 0.4) is 0 Å². The van der Waals surface area contributed by atoms with E-state index in [4.69, 9.17) is 10.5 Å². The van der Waals surface area contributed by atoms with Gasteiger partial charge in [-0.05, 0) is 18.7 Å². The van der Waals surface area contributed by atoms with Crippen LogP contribution >= 0.6 is 0 Å². The summed E-state index contributed by atoms with van der Waals surface area (Å²) in [5, 5.41) is 11.8. The number of ether oxygens (including phenoxy) is 1. The zero-order valence-electron chi connectivity index (χ0n) is 11.7. The quantitative estimate of drug-likeness (QED) is 0.879. The van der Waals surface area contributed by atoms with E-state index >= 15 is 0 Å². The van der Waals surface area contributed by atoms with Crippen LogP contribution in [0.1, 0.15) is 31.9 Å². The Morgan fingerprint density at radius 3 is 2.60 bits per heavy atom. The van der Waals surface area contributed by atoms with Gasteiger partial charge in [-0.15, -0.1) is 0 Å². The third-order valence-electron chi connectivity index (χ3n) is 3.31. The molecule has 0 heterocycles. The Balaban J connectivity index is 2.57. The molecule has 2 aromatic carbocycles. The van der Waals surface area contributed by atoms with Crippen molar-refractivity contribution in [2.45, 2.75) is 32.5 Å². The van der Waals surface area contributed by atoms with E-state index in [-0.39, 0.29) is 0 Å². The van der Waals surface area contributed by atoms with Crippen LogP contribution in [0.5, 0.6) is 5.75 Å². The summed E-state index contributed by atoms with van der Waals surface area (Å²) in [6.07, 6.45) is -0.893. The Kier molecular flexibility index (Phi) is 4.25. The van der Waals surface area contributed by atoms with Crippen LogP contribution in [0, 0.1) is 0 Å². The van der Waals surface area contributed by atoms with Crippen molar-refractivity contribution in [3.8, 4) is 5.75 Å². The van der Waals surface area contributed by atoms with E-state index in [0.717, 1.165) is 10.8 Å². The third kappa shape index (κ3) is 2.75. The minimum atomic E-state index is -0.696. The average molecular weight is 273 g/mol. The molecule has 3 N–H and O–H groups in total. The summed E-state index contributed by atoms with van der Waals surface area (Å²) in [7, 11) is 0. The number of nitrogens with two attached hydrogens (primary N) is 1. The summed E-state index contributed by atoms with van der Waals surface area (Å²) in [5.41, 5.74) is 5.99. The highest BCUT2D eigenvalue weighted by molar-refractivity contribution is 5.90. The fraction of sp³-hybridized carbons (Fsp3) is 0.312. The van der Waals surface area contributed by atoms with E-state index in [1.807, 2.05) is 43.3 Å². The van der Waals surface area contributed by atoms with E-state index in [0.29, 0.717) is 17.7 Å². The lowest BCUT2D eigenvalue weighted by molar-refractivity contribution is -0.124. The maximum atomic E-state index is 11.4. The predicted molar refractivity (Wildman–Crippen MR) is 78.5 cm³/mol. The fourth-order valence-corrected chi connectivity index (χ4v) is 2.21. The first kappa shape index (κ1) is 14.3. The minimum Gasteiger partial charge on any atom is -0.480 e. The minimum absolute atomic E-state index is 0.484. The molecule has 20 heavy (non-hydrogen) atoms. The number of rotatable bonds is 5. The Hall–Kier alpha value is -2.07. The van der Waals surface area contributed by atoms with Crippen LogP contribution < -0.4 is 10.5 Å². The van der Waals surface area contributed by atoms with E-state index in [9.17, 15) is 9.90 Å². The Morgan fingerprint density at radius 2 is 2.00 bits per heavy atom. The highest BCUT2D eigenvalue weighted by Crippen LogP contribution is 2.34. The molecule has 2 rings (SSSR count). The van der Waals surface area contributed by atoms with Gasteiger partial charge < -0.3 is 15.6 Å². The smallest absolute Gasteiger partial charge is 0.258 e. The standard InChI is InChI=1S/C16H19NO3/c1-3-14(16(17)19)20-15-12(10(2)18)9-8-11-6-4-5-7-13(11)15/h4-10,14,18H,3H2,1-2H3,(H2,17,19). The van der Waals surface area contributed by atoms with Crippen molar-refractivity contribution in [3.05, 3.63) is 42.0 Å². The van der Waals surface area contributed by atoms with Gasteiger partial charge in [-0.2, -0.15) is 0 Å². The second kappa shape index (κ2) is 5.92. The summed E-state index contributed by atoms with van der Waals surface area (Å²) in [6.45, 7) is 3.50. The SMILES string of the molecule is CCC(Oc1c(C(C)O)ccc2ccccc12)C(N)=O. The van der Waals surface area contributed by atoms with Gasteiger partial charge in [0.2, 0.25) is 0 Å². The first-order valence-corrected chi connectivity index (χ1v) is 6.70. The molecule has 106 valence electrons. The molecule has 0 aromatic heterocycles. The molecule has 2 unspecified atom stereocenters. The molecule has 0 aliphatic rings. The van der Waals surface area contributed by atoms with Gasteiger partial charge in [0.1, 0.15) is 5.75 Å². The van der Waals surface area contributed by atoms with Crippen molar-refractivity contribution in [1.82, 2.24) is 0 Å². The van der Waals surface area contributed by atoms with Crippen LogP contribution in [0.4, 0.5) is 0 Å². The number of carbonyl (C=O) groups is 1. The zero-order valence-corrected chi connectivity index (χ0v) is 11.7. The molecule has 2 aromatic rings. The van der Waals surface area contributed by atoms with E-state index < -0.39 is 18.1 Å². The lowest BCUT2D eigenvalue weighted by Gasteiger charge is -2.20. The Labute approximate surface area is 118 Å². The van der Waals surface area contributed by atoms with Gasteiger partial charge in [0.25, 0.3) is 5.91 Å². The second-order valence-corrected chi connectivity index (χ2v) is 4.80. The monoisotopic (exact) mass is 273 g/mol. The molecule has 4 heteroatoms. The van der Waals surface area contributed by atoms with Crippen LogP contribution in [-0.4, -0.2) is 17.1 Å². The van der Waals surface area contributed by atoms with E-state index in [1.165, 1.54) is 0 Å². The number of hydrogen-bond acceptors (Lipinski definition) is 3. The van der Waals surface area contributed by atoms with Crippen LogP contribution in [0.25, 0.3) is 10.8 Å². The highest BCUT2D eigenvalue weighted by Gasteiger charge is 2.20. The lowest BCUT2D eigenvalue weighted by Crippen LogP contribution is -2.33. The van der Waals surface area contributed by atoms with Crippen molar-refractivity contribution in [3.63, 3.8) is 0 Å². The van der Waals surface area contributed by atoms with Gasteiger partial charge in [-0.1, -0.05) is 43.3 Å². The summed E-state index contributed by atoms with van der Waals surface area (Å²) < 4.78 is 5.80. The van der Waals surface area contributed by atoms with Gasteiger partial charge in [0.05, 0.1) is 6.10 Å². The maximum absolute atomic E-state index is 11.4. The number of amides is 1. The Bertz CT molecular complexity index is 622. The molecule has 0 saturated carbocycles. The number of aliphatic hydroxyl groups is 1. The first-order chi connectivity index (χ1) is 9.54. The van der Waals surface area contributed by atoms with Crippen LogP contribution in [0.15, 0.2) is 36.4 Å². The number of aliphatic hydroxyl groups excluding tert-OH is 1. The normalized spacial score (nSPS) is 13.9. The van der Waals surface area contributed by atoms with Gasteiger partial charge in [-0.25, -0.2) is 0 Å². The first-order valence-electron chi connectivity index (χ1n) is 6.70. The zero-order chi connectivity index (χ0) is 14.7. The van der Waals surface area contributed by atoms with Crippen molar-refractivity contribution in [2.75, 3.05) is 0 Å². The van der Waals surface area contributed by atoms with Crippen LogP contribution in [0.2, 0.25) is 0 Å². The number of carbonyl (C=O) groups excluding carboxylic acids is 1.